The van der Waals surface area contributed by atoms with Gasteiger partial charge in [0.25, 0.3) is 0 Å². The highest BCUT2D eigenvalue weighted by molar-refractivity contribution is 7.99. The standard InChI is InChI=1S/C13H21NO4S/c15-7-3-8-19-9-6-14-12(16)10-4-1-2-5-11(10)13(17)18/h1-2,10-11,15H,3-9H2,(H,14,16)(H,17,18)/t10-,11+/m1/s1. The van der Waals surface area contributed by atoms with Gasteiger partial charge in [-0.05, 0) is 25.0 Å². The van der Waals surface area contributed by atoms with E-state index in [4.69, 9.17) is 10.2 Å². The summed E-state index contributed by atoms with van der Waals surface area (Å²) in [6.07, 6.45) is 5.39. The van der Waals surface area contributed by atoms with Crippen LogP contribution in [0.3, 0.4) is 0 Å². The molecule has 0 bridgehead atoms. The highest BCUT2D eigenvalue weighted by Gasteiger charge is 2.33. The first-order valence-corrected chi connectivity index (χ1v) is 7.66. The van der Waals surface area contributed by atoms with Gasteiger partial charge in [-0.1, -0.05) is 12.2 Å². The van der Waals surface area contributed by atoms with Crippen molar-refractivity contribution in [3.05, 3.63) is 12.2 Å². The number of hydrogen-bond acceptors (Lipinski definition) is 4. The number of rotatable bonds is 8. The van der Waals surface area contributed by atoms with Crippen LogP contribution in [0.25, 0.3) is 0 Å². The van der Waals surface area contributed by atoms with Crippen LogP contribution in [0.4, 0.5) is 0 Å². The van der Waals surface area contributed by atoms with Crippen molar-refractivity contribution < 1.29 is 19.8 Å². The molecule has 0 unspecified atom stereocenters. The minimum Gasteiger partial charge on any atom is -0.481 e. The van der Waals surface area contributed by atoms with Crippen molar-refractivity contribution in [1.82, 2.24) is 5.32 Å². The first-order chi connectivity index (χ1) is 9.16. The molecule has 0 aromatic rings. The van der Waals surface area contributed by atoms with Crippen LogP contribution in [0, 0.1) is 11.8 Å². The molecule has 0 heterocycles. The lowest BCUT2D eigenvalue weighted by molar-refractivity contribution is -0.147. The quantitative estimate of drug-likeness (QED) is 0.456. The first kappa shape index (κ1) is 16.0. The van der Waals surface area contributed by atoms with E-state index in [1.165, 1.54) is 0 Å². The summed E-state index contributed by atoms with van der Waals surface area (Å²) in [5.74, 6) is -0.471. The third-order valence-electron chi connectivity index (χ3n) is 3.08. The van der Waals surface area contributed by atoms with E-state index >= 15 is 0 Å². The smallest absolute Gasteiger partial charge is 0.307 e. The van der Waals surface area contributed by atoms with Gasteiger partial charge in [0, 0.05) is 18.9 Å². The number of amides is 1. The minimum atomic E-state index is -0.901. The molecule has 1 aliphatic rings. The van der Waals surface area contributed by atoms with Crippen LogP contribution in [0.15, 0.2) is 12.2 Å². The highest BCUT2D eigenvalue weighted by Crippen LogP contribution is 2.25. The molecule has 0 aliphatic heterocycles. The largest absolute Gasteiger partial charge is 0.481 e. The van der Waals surface area contributed by atoms with Crippen molar-refractivity contribution >= 4 is 23.6 Å². The predicted octanol–water partition coefficient (Wildman–Crippen LogP) is 0.885. The fraction of sp³-hybridized carbons (Fsp3) is 0.692. The van der Waals surface area contributed by atoms with Gasteiger partial charge in [-0.25, -0.2) is 0 Å². The van der Waals surface area contributed by atoms with Crippen LogP contribution in [-0.4, -0.2) is 46.7 Å². The van der Waals surface area contributed by atoms with Crippen molar-refractivity contribution in [2.75, 3.05) is 24.7 Å². The summed E-state index contributed by atoms with van der Waals surface area (Å²) in [4.78, 5) is 23.0. The zero-order valence-corrected chi connectivity index (χ0v) is 11.7. The number of hydrogen-bond donors (Lipinski definition) is 3. The molecule has 1 amide bonds. The number of carbonyl (C=O) groups is 2. The average Bonchev–Trinajstić information content (AvgIpc) is 2.42. The number of thioether (sulfide) groups is 1. The number of nitrogens with one attached hydrogen (secondary N) is 1. The summed E-state index contributed by atoms with van der Waals surface area (Å²) in [6.45, 7) is 0.732. The van der Waals surface area contributed by atoms with Gasteiger partial charge in [0.05, 0.1) is 11.8 Å². The van der Waals surface area contributed by atoms with E-state index in [-0.39, 0.29) is 12.5 Å². The van der Waals surface area contributed by atoms with E-state index in [1.807, 2.05) is 12.2 Å². The Balaban J connectivity index is 2.27. The Morgan fingerprint density at radius 2 is 1.89 bits per heavy atom. The van der Waals surface area contributed by atoms with E-state index in [0.717, 1.165) is 17.9 Å². The van der Waals surface area contributed by atoms with Crippen LogP contribution in [0.1, 0.15) is 19.3 Å². The van der Waals surface area contributed by atoms with Crippen molar-refractivity contribution in [1.29, 1.82) is 0 Å². The number of carboxylic acids is 1. The molecule has 0 aromatic carbocycles. The molecular formula is C13H21NO4S. The lowest BCUT2D eigenvalue weighted by Crippen LogP contribution is -2.39. The summed E-state index contributed by atoms with van der Waals surface area (Å²) in [5.41, 5.74) is 0. The third-order valence-corrected chi connectivity index (χ3v) is 4.15. The Morgan fingerprint density at radius 3 is 2.53 bits per heavy atom. The highest BCUT2D eigenvalue weighted by atomic mass is 32.2. The molecule has 1 rings (SSSR count). The molecule has 19 heavy (non-hydrogen) atoms. The van der Waals surface area contributed by atoms with Crippen LogP contribution in [0.2, 0.25) is 0 Å². The van der Waals surface area contributed by atoms with Crippen LogP contribution >= 0.6 is 11.8 Å². The second-order valence-electron chi connectivity index (χ2n) is 4.47. The topological polar surface area (TPSA) is 86.6 Å². The number of aliphatic carboxylic acids is 1. The monoisotopic (exact) mass is 287 g/mol. The van der Waals surface area contributed by atoms with Gasteiger partial charge < -0.3 is 15.5 Å². The van der Waals surface area contributed by atoms with Gasteiger partial charge in [0.2, 0.25) is 5.91 Å². The lowest BCUT2D eigenvalue weighted by atomic mass is 9.82. The zero-order chi connectivity index (χ0) is 14.1. The second kappa shape index (κ2) is 8.98. The SMILES string of the molecule is O=C(O)[C@H]1CC=CC[C@H]1C(=O)NCCSCCCO. The summed E-state index contributed by atoms with van der Waals surface area (Å²) < 4.78 is 0. The maximum Gasteiger partial charge on any atom is 0.307 e. The molecule has 0 fully saturated rings. The molecule has 6 heteroatoms. The molecule has 2 atom stereocenters. The zero-order valence-electron chi connectivity index (χ0n) is 10.9. The third kappa shape index (κ3) is 5.65. The van der Waals surface area contributed by atoms with Gasteiger partial charge in [-0.2, -0.15) is 11.8 Å². The number of carboxylic acid groups (broad SMARTS) is 1. The lowest BCUT2D eigenvalue weighted by Gasteiger charge is -2.24. The first-order valence-electron chi connectivity index (χ1n) is 6.51. The van der Waals surface area contributed by atoms with Crippen molar-refractivity contribution in [2.24, 2.45) is 11.8 Å². The number of carbonyl (C=O) groups excluding carboxylic acids is 1. The maximum atomic E-state index is 11.9. The summed E-state index contributed by atoms with van der Waals surface area (Å²) in [7, 11) is 0. The second-order valence-corrected chi connectivity index (χ2v) is 5.70. The predicted molar refractivity (Wildman–Crippen MR) is 75.0 cm³/mol. The van der Waals surface area contributed by atoms with Crippen LogP contribution in [-0.2, 0) is 9.59 Å². The van der Waals surface area contributed by atoms with Gasteiger partial charge in [-0.3, -0.25) is 9.59 Å². The molecule has 1 aliphatic carbocycles. The van der Waals surface area contributed by atoms with E-state index in [1.54, 1.807) is 11.8 Å². The molecule has 108 valence electrons. The van der Waals surface area contributed by atoms with Gasteiger partial charge in [0.15, 0.2) is 0 Å². The molecular weight excluding hydrogens is 266 g/mol. The van der Waals surface area contributed by atoms with E-state index in [9.17, 15) is 9.59 Å². The summed E-state index contributed by atoms with van der Waals surface area (Å²) in [6, 6.07) is 0. The summed E-state index contributed by atoms with van der Waals surface area (Å²) >= 11 is 1.67. The Bertz CT molecular complexity index is 333. The van der Waals surface area contributed by atoms with Crippen LogP contribution < -0.4 is 5.32 Å². The average molecular weight is 287 g/mol. The fourth-order valence-corrected chi connectivity index (χ4v) is 2.81. The molecule has 0 spiro atoms. The normalized spacial score (nSPS) is 22.2. The van der Waals surface area contributed by atoms with Crippen molar-refractivity contribution in [2.45, 2.75) is 19.3 Å². The molecule has 5 nitrogen and oxygen atoms in total. The van der Waals surface area contributed by atoms with Crippen LogP contribution in [0.5, 0.6) is 0 Å². The Morgan fingerprint density at radius 1 is 1.21 bits per heavy atom. The fourth-order valence-electron chi connectivity index (χ4n) is 2.02. The molecule has 0 saturated carbocycles. The van der Waals surface area contributed by atoms with E-state index < -0.39 is 17.8 Å². The van der Waals surface area contributed by atoms with Gasteiger partial charge in [-0.15, -0.1) is 0 Å². The summed E-state index contributed by atoms with van der Waals surface area (Å²) in [5, 5.41) is 20.5. The molecule has 0 aromatic heterocycles. The Hall–Kier alpha value is -1.01. The van der Waals surface area contributed by atoms with Crippen molar-refractivity contribution in [3.8, 4) is 0 Å². The molecule has 0 radical (unpaired) electrons. The van der Waals surface area contributed by atoms with Crippen molar-refractivity contribution in [3.63, 3.8) is 0 Å². The Kier molecular flexibility index (Phi) is 7.59. The van der Waals surface area contributed by atoms with E-state index in [0.29, 0.717) is 19.4 Å². The van der Waals surface area contributed by atoms with Gasteiger partial charge >= 0.3 is 5.97 Å². The van der Waals surface area contributed by atoms with E-state index in [2.05, 4.69) is 5.32 Å². The minimum absolute atomic E-state index is 0.167. The number of aliphatic hydroxyl groups excluding tert-OH is 1. The number of allylic oxidation sites excluding steroid dienone is 2. The maximum absolute atomic E-state index is 11.9. The Labute approximate surface area is 117 Å². The molecule has 3 N–H and O–H groups in total. The number of aliphatic hydroxyl groups is 1. The van der Waals surface area contributed by atoms with Gasteiger partial charge in [0.1, 0.15) is 0 Å². The molecule has 0 saturated heterocycles.